The standard InChI is InChI=1S/C21H33N4O5P.CH4O/c1-15(2)25(16(3)4)31(28-13-11-22-5)30-21-10-7-6-8-17(21)29-19(14-21)24-12-9-18(26)23-20(24)27;1-2/h9,12,15-17,19H,6-8,10-11,13-14H2,1-4H3,(H,23,26,27);2H,1H3/t17-,19+,21+,31?;/m0./s1/i8D;2T/t8-,17+,19-,21-,31?;/m1.. The van der Waals surface area contributed by atoms with Crippen LogP contribution in [0.25, 0.3) is 4.85 Å². The minimum absolute atomic E-state index is 0.152. The topological polar surface area (TPSA) is 110 Å². The van der Waals surface area contributed by atoms with Crippen LogP contribution in [0.3, 0.4) is 0 Å². The lowest BCUT2D eigenvalue weighted by Gasteiger charge is -2.43. The summed E-state index contributed by atoms with van der Waals surface area (Å²) in [6.45, 7) is 15.9. The molecule has 11 heteroatoms. The van der Waals surface area contributed by atoms with Gasteiger partial charge in [0.1, 0.15) is 18.4 Å². The highest BCUT2D eigenvalue weighted by molar-refractivity contribution is 7.44. The molecule has 186 valence electrons. The van der Waals surface area contributed by atoms with Gasteiger partial charge in [0.25, 0.3) is 14.1 Å². The first-order valence-corrected chi connectivity index (χ1v) is 12.3. The number of aromatic nitrogens is 2. The quantitative estimate of drug-likeness (QED) is 0.313. The van der Waals surface area contributed by atoms with Crippen molar-refractivity contribution >= 4 is 8.53 Å². The van der Waals surface area contributed by atoms with E-state index in [9.17, 15) is 9.59 Å². The largest absolute Gasteiger partial charge is 0.400 e. The molecule has 0 bridgehead atoms. The zero-order valence-electron chi connectivity index (χ0n) is 22.0. The molecule has 2 fully saturated rings. The molecule has 33 heavy (non-hydrogen) atoms. The summed E-state index contributed by atoms with van der Waals surface area (Å²) in [5.74, 6) is 0. The Morgan fingerprint density at radius 3 is 2.79 bits per heavy atom. The molecular weight excluding hydrogens is 447 g/mol. The van der Waals surface area contributed by atoms with Gasteiger partial charge in [0, 0.05) is 39.2 Å². The first-order valence-electron chi connectivity index (χ1n) is 12.2. The first kappa shape index (κ1) is 24.5. The monoisotopic (exact) mass is 487 g/mol. The Bertz CT molecular complexity index is 947. The second-order valence-corrected chi connectivity index (χ2v) is 9.92. The van der Waals surface area contributed by atoms with E-state index in [2.05, 4.69) is 47.3 Å². The number of aliphatic hydroxyl groups excluding tert-OH is 1. The van der Waals surface area contributed by atoms with E-state index in [1.807, 2.05) is 0 Å². The molecule has 0 aromatic carbocycles. The van der Waals surface area contributed by atoms with Gasteiger partial charge in [-0.25, -0.2) is 16.0 Å². The maximum Gasteiger partial charge on any atom is 0.330 e. The maximum absolute atomic E-state index is 12.4. The predicted molar refractivity (Wildman–Crippen MR) is 127 cm³/mol. The number of hydrogen-bond acceptors (Lipinski definition) is 7. The van der Waals surface area contributed by atoms with E-state index < -0.39 is 44.1 Å². The van der Waals surface area contributed by atoms with E-state index in [-0.39, 0.29) is 25.2 Å². The number of rotatable bonds is 9. The summed E-state index contributed by atoms with van der Waals surface area (Å²) < 4.78 is 36.9. The van der Waals surface area contributed by atoms with E-state index in [0.717, 1.165) is 6.42 Å². The number of fused-ring (bicyclic) bond motifs is 1. The second-order valence-electron chi connectivity index (χ2n) is 8.54. The van der Waals surface area contributed by atoms with Crippen LogP contribution in [-0.2, 0) is 13.8 Å². The number of ether oxygens (including phenoxy) is 1. The average molecular weight is 488 g/mol. The third-order valence-electron chi connectivity index (χ3n) is 5.60. The average Bonchev–Trinajstić information content (AvgIpc) is 3.14. The number of aliphatic hydroxyl groups is 1. The molecule has 1 unspecified atom stereocenters. The van der Waals surface area contributed by atoms with Crippen molar-refractivity contribution in [1.82, 2.24) is 14.2 Å². The third kappa shape index (κ3) is 6.72. The number of nitrogens with one attached hydrogen (secondary N) is 1. The molecule has 0 amide bonds. The van der Waals surface area contributed by atoms with Crippen LogP contribution in [0.15, 0.2) is 21.9 Å². The minimum atomic E-state index is -1.52. The van der Waals surface area contributed by atoms with Crippen molar-refractivity contribution in [3.8, 4) is 0 Å². The Morgan fingerprint density at radius 2 is 2.18 bits per heavy atom. The number of nitrogens with zero attached hydrogens (tertiary/aromatic N) is 3. The summed E-state index contributed by atoms with van der Waals surface area (Å²) in [6, 6.07) is 1.59. The number of H-pyrrole nitrogens is 1. The first-order chi connectivity index (χ1) is 16.6. The molecule has 1 saturated heterocycles. The lowest BCUT2D eigenvalue weighted by atomic mass is 9.81. The molecule has 1 aliphatic carbocycles. The molecule has 1 aromatic rings. The molecular formula is C22H37N4O6P. The highest BCUT2D eigenvalue weighted by Gasteiger charge is 2.54. The summed E-state index contributed by atoms with van der Waals surface area (Å²) in [4.78, 5) is 29.5. The Morgan fingerprint density at radius 1 is 1.48 bits per heavy atom. The van der Waals surface area contributed by atoms with Crippen molar-refractivity contribution in [3.05, 3.63) is 44.5 Å². The Kier molecular flexibility index (Phi) is 9.47. The van der Waals surface area contributed by atoms with E-state index in [1.165, 1.54) is 23.9 Å². The fourth-order valence-electron chi connectivity index (χ4n) is 4.32. The van der Waals surface area contributed by atoms with E-state index in [0.29, 0.717) is 19.3 Å². The van der Waals surface area contributed by atoms with Crippen LogP contribution in [0.2, 0.25) is 0 Å². The van der Waals surface area contributed by atoms with Gasteiger partial charge in [0.05, 0.1) is 6.10 Å². The Balaban J connectivity index is 0.00000137. The van der Waals surface area contributed by atoms with Crippen LogP contribution < -0.4 is 11.2 Å². The summed E-state index contributed by atoms with van der Waals surface area (Å²) in [5, 5.41) is 3.50. The van der Waals surface area contributed by atoms with E-state index >= 15 is 0 Å². The fraction of sp³-hybridized carbons (Fsp3) is 0.773. The van der Waals surface area contributed by atoms with Gasteiger partial charge in [-0.3, -0.25) is 14.3 Å². The van der Waals surface area contributed by atoms with Crippen molar-refractivity contribution < 1.29 is 20.3 Å². The zero-order valence-corrected chi connectivity index (χ0v) is 20.9. The Hall–Kier alpha value is -1.60. The highest BCUT2D eigenvalue weighted by Crippen LogP contribution is 2.57. The fourth-order valence-corrected chi connectivity index (χ4v) is 6.18. The van der Waals surface area contributed by atoms with Gasteiger partial charge in [-0.1, -0.05) is 12.8 Å². The van der Waals surface area contributed by atoms with E-state index in [4.69, 9.17) is 23.2 Å². The number of aromatic amines is 1. The molecule has 0 spiro atoms. The van der Waals surface area contributed by atoms with Crippen molar-refractivity contribution in [1.29, 1.82) is 1.43 Å². The van der Waals surface area contributed by atoms with Gasteiger partial charge < -0.3 is 23.7 Å². The Labute approximate surface area is 199 Å². The summed E-state index contributed by atoms with van der Waals surface area (Å²) in [6.07, 6.45) is 2.37. The molecule has 2 N–H and O–H groups in total. The van der Waals surface area contributed by atoms with Crippen molar-refractivity contribution in [2.45, 2.75) is 89.8 Å². The molecule has 2 heterocycles. The van der Waals surface area contributed by atoms with Crippen LogP contribution in [-0.4, -0.2) is 64.8 Å². The lowest BCUT2D eigenvalue weighted by molar-refractivity contribution is -0.0731. The molecule has 0 radical (unpaired) electrons. The zero-order chi connectivity index (χ0) is 26.2. The number of hydrogen-bond donors (Lipinski definition) is 2. The van der Waals surface area contributed by atoms with Gasteiger partial charge in [0.15, 0.2) is 0 Å². The van der Waals surface area contributed by atoms with Crippen molar-refractivity contribution in [2.75, 3.05) is 20.3 Å². The van der Waals surface area contributed by atoms with Crippen LogP contribution in [0.4, 0.5) is 0 Å². The third-order valence-corrected chi connectivity index (χ3v) is 7.82. The van der Waals surface area contributed by atoms with Crippen molar-refractivity contribution in [2.24, 2.45) is 0 Å². The highest BCUT2D eigenvalue weighted by atomic mass is 31.2. The molecule has 2 aliphatic rings. The smallest absolute Gasteiger partial charge is 0.330 e. The molecule has 1 saturated carbocycles. The van der Waals surface area contributed by atoms with Crippen molar-refractivity contribution in [3.63, 3.8) is 0 Å². The predicted octanol–water partition coefficient (Wildman–Crippen LogP) is 3.04. The lowest BCUT2D eigenvalue weighted by Crippen LogP contribution is -2.45. The summed E-state index contributed by atoms with van der Waals surface area (Å²) in [7, 11) is -0.225. The van der Waals surface area contributed by atoms with Gasteiger partial charge in [-0.2, -0.15) is 0 Å². The van der Waals surface area contributed by atoms with Gasteiger partial charge >= 0.3 is 5.69 Å². The molecule has 5 atom stereocenters. The van der Waals surface area contributed by atoms with Crippen LogP contribution in [0, 0.1) is 6.57 Å². The summed E-state index contributed by atoms with van der Waals surface area (Å²) in [5.41, 5.74) is -1.79. The molecule has 1 aromatic heterocycles. The normalized spacial score (nSPS) is 28.5. The minimum Gasteiger partial charge on any atom is -0.400 e. The SMILES string of the molecule is [2H][C@@H]1CCC[C@@]2(OP(OCC[N+]#[C-])N(C(C)C)C(C)C)C[C@H](n3ccc(=O)[nH]c3=O)O[C@@H]12.[3H]OC. The second kappa shape index (κ2) is 12.7. The molecule has 3 rings (SSSR count). The molecule has 1 aliphatic heterocycles. The van der Waals surface area contributed by atoms with Gasteiger partial charge in [-0.15, -0.1) is 0 Å². The van der Waals surface area contributed by atoms with Gasteiger partial charge in [-0.05, 0) is 40.5 Å². The maximum atomic E-state index is 12.4. The van der Waals surface area contributed by atoms with E-state index in [1.54, 1.807) is 0 Å². The summed E-state index contributed by atoms with van der Waals surface area (Å²) >= 11 is 0. The van der Waals surface area contributed by atoms with Gasteiger partial charge in [0.2, 0.25) is 7.98 Å². The van der Waals surface area contributed by atoms with Crippen LogP contribution in [0.5, 0.6) is 0 Å². The van der Waals surface area contributed by atoms with Crippen LogP contribution in [0.1, 0.15) is 67.4 Å². The molecule has 10 nitrogen and oxygen atoms in total. The van der Waals surface area contributed by atoms with Crippen LogP contribution >= 0.6 is 8.53 Å².